The number of esters is 1. The highest BCUT2D eigenvalue weighted by molar-refractivity contribution is 7.94. The lowest BCUT2D eigenvalue weighted by atomic mass is 9.93. The smallest absolute Gasteiger partial charge is 0.416 e. The number of carboxylic acid groups (broad SMARTS) is 1. The summed E-state index contributed by atoms with van der Waals surface area (Å²) >= 11 is 6.02. The molecule has 3 N–H and O–H groups in total. The number of hydrogen-bond acceptors (Lipinski definition) is 14. The zero-order chi connectivity index (χ0) is 50.4. The summed E-state index contributed by atoms with van der Waals surface area (Å²) in [6.07, 6.45) is 10.1. The number of anilines is 1. The van der Waals surface area contributed by atoms with Gasteiger partial charge >= 0.3 is 18.1 Å². The van der Waals surface area contributed by atoms with Crippen LogP contribution in [0.25, 0.3) is 0 Å². The summed E-state index contributed by atoms with van der Waals surface area (Å²) in [6.45, 7) is 1.45. The minimum Gasteiger partial charge on any atom is -0.778 e. The van der Waals surface area contributed by atoms with E-state index in [9.17, 15) is 59.4 Å². The van der Waals surface area contributed by atoms with Crippen LogP contribution in [0.5, 0.6) is 5.75 Å². The van der Waals surface area contributed by atoms with Gasteiger partial charge in [-0.05, 0) is 80.1 Å². The van der Waals surface area contributed by atoms with Crippen molar-refractivity contribution in [1.82, 2.24) is 10.5 Å². The zero-order valence-electron chi connectivity index (χ0n) is 37.1. The van der Waals surface area contributed by atoms with E-state index >= 15 is 0 Å². The average molecular weight is 1030 g/mol. The molecule has 0 saturated heterocycles. The molecule has 3 aromatic rings. The highest BCUT2D eigenvalue weighted by atomic mass is 35.5. The predicted octanol–water partition coefficient (Wildman–Crippen LogP) is 6.20. The summed E-state index contributed by atoms with van der Waals surface area (Å²) in [5.41, 5.74) is -0.697. The van der Waals surface area contributed by atoms with E-state index < -0.39 is 88.9 Å². The normalized spacial score (nSPS) is 15.6. The van der Waals surface area contributed by atoms with Gasteiger partial charge in [-0.1, -0.05) is 36.5 Å². The van der Waals surface area contributed by atoms with Crippen LogP contribution in [-0.4, -0.2) is 104 Å². The number of ketones is 1. The van der Waals surface area contributed by atoms with Crippen LogP contribution in [0.1, 0.15) is 97.9 Å². The monoisotopic (exact) mass is 1030 g/mol. The Morgan fingerprint density at radius 1 is 1.04 bits per heavy atom. The Labute approximate surface area is 392 Å². The maximum atomic E-state index is 14.5. The number of nitrogens with one attached hydrogen (secondary N) is 1. The van der Waals surface area contributed by atoms with Gasteiger partial charge in [0.15, 0.2) is 28.0 Å². The molecule has 0 radical (unpaired) electrons. The summed E-state index contributed by atoms with van der Waals surface area (Å²) in [5, 5.41) is 13.5. The molecule has 2 aliphatic carbocycles. The van der Waals surface area contributed by atoms with Gasteiger partial charge in [0.2, 0.25) is 0 Å². The van der Waals surface area contributed by atoms with Crippen molar-refractivity contribution in [3.05, 3.63) is 81.0 Å². The number of alkyl halides is 3. The second kappa shape index (κ2) is 25.1. The maximum Gasteiger partial charge on any atom is 0.416 e. The molecule has 1 aromatic heterocycles. The van der Waals surface area contributed by atoms with Gasteiger partial charge in [0, 0.05) is 34.9 Å². The van der Waals surface area contributed by atoms with Gasteiger partial charge in [-0.25, -0.2) is 22.5 Å². The molecule has 1 atom stereocenters. The van der Waals surface area contributed by atoms with Crippen molar-refractivity contribution in [1.29, 1.82) is 0 Å². The van der Waals surface area contributed by atoms with E-state index in [4.69, 9.17) is 35.6 Å². The Morgan fingerprint density at radius 3 is 2.15 bits per heavy atom. The minimum atomic E-state index is -4.71. The largest absolute Gasteiger partial charge is 0.778 e. The van der Waals surface area contributed by atoms with E-state index in [1.54, 1.807) is 0 Å². The molecule has 17 nitrogen and oxygen atoms in total. The number of nitrogens with zero attached hydrogens (tertiary/aromatic N) is 2. The molecule has 0 bridgehead atoms. The summed E-state index contributed by atoms with van der Waals surface area (Å²) < 4.78 is 102. The number of aliphatic carboxylic acids is 1. The first-order valence-electron chi connectivity index (χ1n) is 20.4. The Balaban J connectivity index is 0.000000280. The van der Waals surface area contributed by atoms with Crippen LogP contribution in [0.4, 0.5) is 23.2 Å². The number of rotatable bonds is 16. The first-order valence-corrected chi connectivity index (χ1v) is 26.9. The SMILES string of the molecule is CCCCCOC(=O)COc1cc(N2C(=O)C3=C(CCCC3)C2=O)c(F)cc1Cl.CS(=O)(=O)c1cc(C(F)(F)F)ccc1C(=O)c1cnoc1C1CC1.C[S+](C)C.O=C(O)CNCP(=O)([O-])O. The molecule has 25 heteroatoms. The number of carboxylic acids is 1. The molecule has 2 heterocycles. The maximum absolute atomic E-state index is 14.5. The fourth-order valence-corrected chi connectivity index (χ4v) is 7.68. The van der Waals surface area contributed by atoms with Crippen molar-refractivity contribution < 1.29 is 83.4 Å². The third-order valence-corrected chi connectivity index (χ3v) is 11.4. The number of benzene rings is 2. The van der Waals surface area contributed by atoms with E-state index in [0.717, 1.165) is 68.2 Å². The Hall–Kier alpha value is -4.64. The van der Waals surface area contributed by atoms with Crippen LogP contribution in [-0.2, 0) is 55.4 Å². The first kappa shape index (κ1) is 56.7. The van der Waals surface area contributed by atoms with Crippen molar-refractivity contribution in [2.45, 2.75) is 81.7 Å². The Morgan fingerprint density at radius 2 is 1.64 bits per heavy atom. The van der Waals surface area contributed by atoms with E-state index in [1.807, 2.05) is 12.2 Å². The molecule has 1 aliphatic heterocycles. The first-order chi connectivity index (χ1) is 31.2. The summed E-state index contributed by atoms with van der Waals surface area (Å²) in [6, 6.07) is 4.19. The molecule has 2 amide bonds. The summed E-state index contributed by atoms with van der Waals surface area (Å²) in [4.78, 5) is 77.7. The highest BCUT2D eigenvalue weighted by Gasteiger charge is 2.41. The number of unbranched alkanes of at least 4 members (excludes halogenated alkanes) is 2. The quantitative estimate of drug-likeness (QED) is 0.0274. The second-order valence-corrected chi connectivity index (χ2v) is 22.0. The number of carbonyl (C=O) groups is 5. The number of aromatic nitrogens is 1. The fourth-order valence-electron chi connectivity index (χ4n) is 6.18. The van der Waals surface area contributed by atoms with Crippen molar-refractivity contribution >= 4 is 75.2 Å². The van der Waals surface area contributed by atoms with Crippen molar-refractivity contribution in [2.24, 2.45) is 0 Å². The van der Waals surface area contributed by atoms with Gasteiger partial charge in [-0.2, -0.15) is 13.2 Å². The van der Waals surface area contributed by atoms with Gasteiger partial charge in [-0.15, -0.1) is 0 Å². The minimum absolute atomic E-state index is 0.000883. The van der Waals surface area contributed by atoms with Gasteiger partial charge in [0.25, 0.3) is 11.8 Å². The van der Waals surface area contributed by atoms with Crippen LogP contribution in [0.3, 0.4) is 0 Å². The van der Waals surface area contributed by atoms with Crippen LogP contribution in [0.2, 0.25) is 5.02 Å². The molecule has 6 rings (SSSR count). The van der Waals surface area contributed by atoms with Crippen LogP contribution in [0.15, 0.2) is 57.1 Å². The van der Waals surface area contributed by atoms with E-state index in [1.165, 1.54) is 12.3 Å². The van der Waals surface area contributed by atoms with Crippen molar-refractivity contribution in [2.75, 3.05) is 56.0 Å². The predicted molar refractivity (Wildman–Crippen MR) is 237 cm³/mol. The van der Waals surface area contributed by atoms with Crippen LogP contribution in [0, 0.1) is 5.82 Å². The van der Waals surface area contributed by atoms with Crippen molar-refractivity contribution in [3.8, 4) is 5.75 Å². The number of amides is 2. The Kier molecular flexibility index (Phi) is 21.2. The topological polar surface area (TPSA) is 260 Å². The number of sulfone groups is 1. The average Bonchev–Trinajstić information content (AvgIpc) is 3.90. The molecule has 0 spiro atoms. The number of ether oxygens (including phenoxy) is 2. The zero-order valence-corrected chi connectivity index (χ0v) is 40.4. The molecule has 3 aliphatic rings. The second-order valence-electron chi connectivity index (χ2n) is 15.6. The molecule has 1 unspecified atom stereocenters. The van der Waals surface area contributed by atoms with Gasteiger partial charge in [-0.3, -0.25) is 24.5 Å². The molecule has 67 heavy (non-hydrogen) atoms. The number of halogens is 5. The molecule has 2 aromatic carbocycles. The van der Waals surface area contributed by atoms with Crippen LogP contribution < -0.4 is 19.8 Å². The van der Waals surface area contributed by atoms with E-state index in [2.05, 4.69) is 23.9 Å². The third-order valence-electron chi connectivity index (χ3n) is 9.32. The van der Waals surface area contributed by atoms with Crippen LogP contribution >= 0.6 is 19.2 Å². The van der Waals surface area contributed by atoms with E-state index in [-0.39, 0.29) is 33.5 Å². The molecular weight excluding hydrogens is 977 g/mol. The standard InChI is InChI=1S/C21H23ClFNO5.C15H12F3NO4S.C3H8NO5P.C3H9S/c1-2-3-6-9-28-19(25)12-29-18-11-17(16(23)10-15(18)22)24-20(26)13-7-4-5-8-14(13)21(24)27;1-24(21,22)12-6-9(15(16,17)18)4-5-10(12)13(20)11-7-19-23-14(11)8-2-3-8;5-3(6)1-4-2-10(7,8)9;1-4(2)3/h10-11H,2-9,12H2,1H3;4-8H,2-3H2,1H3;4H,1-2H2,(H,5,6)(H2,7,8,9);1-3H3/q;;;+1/p-1. The van der Waals surface area contributed by atoms with Crippen molar-refractivity contribution in [3.63, 3.8) is 0 Å². The van der Waals surface area contributed by atoms with Gasteiger partial charge < -0.3 is 33.5 Å². The number of hydrogen-bond donors (Lipinski definition) is 3. The lowest BCUT2D eigenvalue weighted by Gasteiger charge is -2.18. The summed E-state index contributed by atoms with van der Waals surface area (Å²) in [7, 11) is -7.75. The lowest BCUT2D eigenvalue weighted by molar-refractivity contribution is -0.193. The fraction of sp³-hybridized carbons (Fsp3) is 0.476. The Bertz CT molecular complexity index is 2440. The highest BCUT2D eigenvalue weighted by Crippen LogP contribution is 2.43. The lowest BCUT2D eigenvalue weighted by Crippen LogP contribution is -2.32. The van der Waals surface area contributed by atoms with E-state index in [0.29, 0.717) is 59.4 Å². The third kappa shape index (κ3) is 17.8. The van der Waals surface area contributed by atoms with Gasteiger partial charge in [0.05, 0.1) is 71.1 Å². The van der Waals surface area contributed by atoms with Gasteiger partial charge in [0.1, 0.15) is 19.2 Å². The molecular formula is C42H51ClF4N3O14PS2. The molecule has 1 saturated carbocycles. The number of imide groups is 1. The molecule has 370 valence electrons. The number of carbonyl (C=O) groups excluding carboxylic acids is 4. The summed E-state index contributed by atoms with van der Waals surface area (Å²) in [5.74, 6) is -3.90. The molecule has 1 fully saturated rings.